The van der Waals surface area contributed by atoms with Crippen molar-refractivity contribution >= 4 is 23.4 Å². The van der Waals surface area contributed by atoms with E-state index in [0.717, 1.165) is 25.9 Å². The molecule has 5 nitrogen and oxygen atoms in total. The highest BCUT2D eigenvalue weighted by Gasteiger charge is 2.40. The van der Waals surface area contributed by atoms with Gasteiger partial charge in [0.1, 0.15) is 11.6 Å². The van der Waals surface area contributed by atoms with Crippen molar-refractivity contribution in [2.45, 2.75) is 38.5 Å². The number of amides is 2. The van der Waals surface area contributed by atoms with Gasteiger partial charge < -0.3 is 14.5 Å². The van der Waals surface area contributed by atoms with E-state index in [0.29, 0.717) is 55.3 Å². The highest BCUT2D eigenvalue weighted by atomic mass is 35.5. The average molecular weight is 473 g/mol. The minimum Gasteiger partial charge on any atom is -0.493 e. The van der Waals surface area contributed by atoms with Crippen LogP contribution in [0, 0.1) is 11.2 Å². The fraction of sp³-hybridized carbons (Fsp3) is 0.462. The SMILES string of the molecule is O=C(CC1(COc2ccc(Cl)cc2)CCN(C(=O)c2cccc(F)c2)CC1)N1CCCCC1. The van der Waals surface area contributed by atoms with E-state index in [1.165, 1.54) is 18.6 Å². The molecule has 0 bridgehead atoms. The van der Waals surface area contributed by atoms with Gasteiger partial charge in [-0.25, -0.2) is 4.39 Å². The van der Waals surface area contributed by atoms with Crippen LogP contribution in [0.1, 0.15) is 48.9 Å². The fourth-order valence-corrected chi connectivity index (χ4v) is 4.83. The van der Waals surface area contributed by atoms with Gasteiger partial charge in [-0.2, -0.15) is 0 Å². The second-order valence-electron chi connectivity index (χ2n) is 9.16. The molecule has 2 amide bonds. The molecule has 7 heteroatoms. The van der Waals surface area contributed by atoms with Crippen molar-refractivity contribution in [3.63, 3.8) is 0 Å². The maximum Gasteiger partial charge on any atom is 0.253 e. The lowest BCUT2D eigenvalue weighted by Crippen LogP contribution is -2.48. The third kappa shape index (κ3) is 6.05. The Kier molecular flexibility index (Phi) is 7.53. The Labute approximate surface area is 199 Å². The highest BCUT2D eigenvalue weighted by Crippen LogP contribution is 2.37. The Morgan fingerprint density at radius 1 is 0.939 bits per heavy atom. The van der Waals surface area contributed by atoms with Crippen LogP contribution in [0.5, 0.6) is 5.75 Å². The molecule has 0 aromatic heterocycles. The predicted molar refractivity (Wildman–Crippen MR) is 126 cm³/mol. The van der Waals surface area contributed by atoms with Gasteiger partial charge in [-0.05, 0) is 74.6 Å². The standard InChI is InChI=1S/C26H30ClFN2O3/c27-21-7-9-23(10-8-21)33-19-26(18-24(31)29-13-2-1-3-14-29)11-15-30(16-12-26)25(32)20-5-4-6-22(28)17-20/h4-10,17H,1-3,11-16,18-19H2. The quantitative estimate of drug-likeness (QED) is 0.581. The number of piperidine rings is 2. The summed E-state index contributed by atoms with van der Waals surface area (Å²) in [6, 6.07) is 13.0. The molecule has 0 spiro atoms. The third-order valence-electron chi connectivity index (χ3n) is 6.78. The van der Waals surface area contributed by atoms with Gasteiger partial charge in [-0.3, -0.25) is 9.59 Å². The lowest BCUT2D eigenvalue weighted by molar-refractivity contribution is -0.136. The van der Waals surface area contributed by atoms with Crippen LogP contribution in [0.4, 0.5) is 4.39 Å². The lowest BCUT2D eigenvalue weighted by Gasteiger charge is -2.42. The molecule has 0 radical (unpaired) electrons. The van der Waals surface area contributed by atoms with Crippen molar-refractivity contribution in [2.24, 2.45) is 5.41 Å². The van der Waals surface area contributed by atoms with Crippen LogP contribution < -0.4 is 4.74 Å². The zero-order chi connectivity index (χ0) is 23.3. The third-order valence-corrected chi connectivity index (χ3v) is 7.03. The summed E-state index contributed by atoms with van der Waals surface area (Å²) in [5, 5.41) is 0.640. The largest absolute Gasteiger partial charge is 0.493 e. The van der Waals surface area contributed by atoms with E-state index in [4.69, 9.17) is 16.3 Å². The number of hydrogen-bond donors (Lipinski definition) is 0. The molecule has 176 valence electrons. The zero-order valence-electron chi connectivity index (χ0n) is 18.8. The summed E-state index contributed by atoms with van der Waals surface area (Å²) in [5.74, 6) is 0.279. The first-order valence-corrected chi connectivity index (χ1v) is 12.0. The van der Waals surface area contributed by atoms with Crippen LogP contribution in [-0.2, 0) is 4.79 Å². The zero-order valence-corrected chi connectivity index (χ0v) is 19.5. The molecule has 2 heterocycles. The normalized spacial score (nSPS) is 18.1. The van der Waals surface area contributed by atoms with Crippen molar-refractivity contribution in [1.29, 1.82) is 0 Å². The number of carbonyl (C=O) groups excluding carboxylic acids is 2. The fourth-order valence-electron chi connectivity index (χ4n) is 4.70. The van der Waals surface area contributed by atoms with E-state index in [9.17, 15) is 14.0 Å². The molecule has 2 aliphatic rings. The van der Waals surface area contributed by atoms with Crippen molar-refractivity contribution in [1.82, 2.24) is 9.80 Å². The van der Waals surface area contributed by atoms with Crippen LogP contribution in [-0.4, -0.2) is 54.4 Å². The van der Waals surface area contributed by atoms with Crippen LogP contribution >= 0.6 is 11.6 Å². The minimum atomic E-state index is -0.421. The maximum absolute atomic E-state index is 13.6. The van der Waals surface area contributed by atoms with E-state index >= 15 is 0 Å². The number of carbonyl (C=O) groups is 2. The van der Waals surface area contributed by atoms with Crippen molar-refractivity contribution < 1.29 is 18.7 Å². The van der Waals surface area contributed by atoms with Crippen LogP contribution in [0.25, 0.3) is 0 Å². The Bertz CT molecular complexity index is 968. The van der Waals surface area contributed by atoms with Gasteiger partial charge >= 0.3 is 0 Å². The van der Waals surface area contributed by atoms with Gasteiger partial charge in [0.25, 0.3) is 5.91 Å². The summed E-state index contributed by atoms with van der Waals surface area (Å²) >= 11 is 5.98. The van der Waals surface area contributed by atoms with E-state index in [2.05, 4.69) is 0 Å². The molecule has 0 atom stereocenters. The number of likely N-dealkylation sites (tertiary alicyclic amines) is 2. The highest BCUT2D eigenvalue weighted by molar-refractivity contribution is 6.30. The summed E-state index contributed by atoms with van der Waals surface area (Å²) in [5.41, 5.74) is -0.00307. The first-order valence-electron chi connectivity index (χ1n) is 11.7. The molecule has 2 aromatic carbocycles. The van der Waals surface area contributed by atoms with Crippen molar-refractivity contribution in [2.75, 3.05) is 32.8 Å². The first-order chi connectivity index (χ1) is 15.9. The summed E-state index contributed by atoms with van der Waals surface area (Å²) in [6.45, 7) is 3.05. The molecule has 2 fully saturated rings. The molecule has 33 heavy (non-hydrogen) atoms. The maximum atomic E-state index is 13.6. The van der Waals surface area contributed by atoms with Gasteiger partial charge in [0.05, 0.1) is 6.61 Å². The first kappa shape index (κ1) is 23.6. The summed E-state index contributed by atoms with van der Waals surface area (Å²) in [4.78, 5) is 29.7. The number of nitrogens with zero attached hydrogens (tertiary/aromatic N) is 2. The summed E-state index contributed by atoms with van der Waals surface area (Å²) in [7, 11) is 0. The molecule has 2 saturated heterocycles. The van der Waals surface area contributed by atoms with Gasteiger partial charge in [-0.15, -0.1) is 0 Å². The van der Waals surface area contributed by atoms with Crippen LogP contribution in [0.3, 0.4) is 0 Å². The van der Waals surface area contributed by atoms with Gasteiger partial charge in [0.2, 0.25) is 5.91 Å². The smallest absolute Gasteiger partial charge is 0.253 e. The Morgan fingerprint density at radius 2 is 1.64 bits per heavy atom. The molecular weight excluding hydrogens is 443 g/mol. The van der Waals surface area contributed by atoms with Crippen LogP contribution in [0.2, 0.25) is 5.02 Å². The Morgan fingerprint density at radius 3 is 2.30 bits per heavy atom. The van der Waals surface area contributed by atoms with Crippen molar-refractivity contribution in [3.05, 3.63) is 64.9 Å². The molecule has 0 saturated carbocycles. The average Bonchev–Trinajstić information content (AvgIpc) is 2.84. The van der Waals surface area contributed by atoms with E-state index in [1.807, 2.05) is 17.0 Å². The monoisotopic (exact) mass is 472 g/mol. The van der Waals surface area contributed by atoms with Gasteiger partial charge in [0.15, 0.2) is 0 Å². The summed E-state index contributed by atoms with van der Waals surface area (Å²) < 4.78 is 19.7. The molecular formula is C26H30ClFN2O3. The second kappa shape index (κ2) is 10.6. The number of rotatable bonds is 6. The molecule has 0 N–H and O–H groups in total. The molecule has 4 rings (SSSR count). The number of hydrogen-bond acceptors (Lipinski definition) is 3. The Hall–Kier alpha value is -2.60. The topological polar surface area (TPSA) is 49.9 Å². The number of benzene rings is 2. The minimum absolute atomic E-state index is 0.166. The molecule has 2 aliphatic heterocycles. The Balaban J connectivity index is 1.45. The summed E-state index contributed by atoms with van der Waals surface area (Å²) in [6.07, 6.45) is 4.99. The van der Waals surface area contributed by atoms with Crippen molar-refractivity contribution in [3.8, 4) is 5.75 Å². The van der Waals surface area contributed by atoms with Crippen LogP contribution in [0.15, 0.2) is 48.5 Å². The molecule has 2 aromatic rings. The number of ether oxygens (including phenoxy) is 1. The lowest BCUT2D eigenvalue weighted by atomic mass is 9.75. The van der Waals surface area contributed by atoms with Gasteiger partial charge in [-0.1, -0.05) is 17.7 Å². The van der Waals surface area contributed by atoms with E-state index < -0.39 is 5.82 Å². The second-order valence-corrected chi connectivity index (χ2v) is 9.60. The molecule has 0 unspecified atom stereocenters. The predicted octanol–water partition coefficient (Wildman–Crippen LogP) is 5.18. The van der Waals surface area contributed by atoms with E-state index in [-0.39, 0.29) is 17.2 Å². The van der Waals surface area contributed by atoms with Gasteiger partial charge in [0, 0.05) is 48.6 Å². The molecule has 0 aliphatic carbocycles. The number of halogens is 2. The van der Waals surface area contributed by atoms with E-state index in [1.54, 1.807) is 29.2 Å².